The molecule has 14 heteroatoms. The zero-order valence-electron chi connectivity index (χ0n) is 18.9. The van der Waals surface area contributed by atoms with Crippen LogP contribution in [0.15, 0.2) is 70.7 Å². The second-order valence-corrected chi connectivity index (χ2v) is 14.1. The molecule has 4 aromatic rings. The fourth-order valence-electron chi connectivity index (χ4n) is 2.91. The van der Waals surface area contributed by atoms with E-state index in [2.05, 4.69) is 31.3 Å². The van der Waals surface area contributed by atoms with Crippen molar-refractivity contribution in [2.24, 2.45) is 0 Å². The summed E-state index contributed by atoms with van der Waals surface area (Å²) in [4.78, 5) is 8.14. The number of nitrogens with zero attached hydrogens (tertiary/aromatic N) is 2. The molecular weight excluding hydrogens is 591 g/mol. The van der Waals surface area contributed by atoms with Gasteiger partial charge >= 0.3 is 0 Å². The summed E-state index contributed by atoms with van der Waals surface area (Å²) in [5.41, 5.74) is 3.04. The van der Waals surface area contributed by atoms with Gasteiger partial charge in [0.1, 0.15) is 0 Å². The number of halogens is 3. The molecule has 2 aromatic carbocycles. The Morgan fingerprint density at radius 1 is 0.750 bits per heavy atom. The number of fused-ring (bicyclic) bond motifs is 2. The zero-order chi connectivity index (χ0) is 27.1. The highest BCUT2D eigenvalue weighted by molar-refractivity contribution is 8.26. The minimum atomic E-state index is -3.27. The van der Waals surface area contributed by atoms with Crippen molar-refractivity contribution in [1.29, 1.82) is 0 Å². The third-order valence-electron chi connectivity index (χ3n) is 4.55. The van der Waals surface area contributed by atoms with E-state index in [0.717, 1.165) is 34.4 Å². The molecule has 0 aliphatic carbocycles. The molecule has 4 rings (SSSR count). The molecule has 0 aliphatic heterocycles. The topological polar surface area (TPSA) is 131 Å². The Morgan fingerprint density at radius 2 is 1.14 bits per heavy atom. The third-order valence-corrected chi connectivity index (χ3v) is 6.84. The highest BCUT2D eigenvalue weighted by atomic mass is 36.0. The summed E-state index contributed by atoms with van der Waals surface area (Å²) in [6.07, 6.45) is 2.28. The normalized spacial score (nSPS) is 11.5. The predicted octanol–water partition coefficient (Wildman–Crippen LogP) is 4.55. The summed E-state index contributed by atoms with van der Waals surface area (Å²) in [6.45, 7) is -0.0379. The molecule has 0 amide bonds. The van der Waals surface area contributed by atoms with E-state index in [1.54, 1.807) is 36.4 Å². The summed E-state index contributed by atoms with van der Waals surface area (Å²) in [5.74, 6) is 0.434. The Labute approximate surface area is 225 Å². The standard InChI is InChI=1S/C11H10ClNO2S.C11H11NO3S.Cl2OS/c1-16(14,15)11-5-3-9-6-8(7-12)2-4-10(9)13-11;1-16(14,15)11-5-3-9-6-8(7-13)2-4-10(9)12-11;1-4(2)3/h2-6H,7H2,1H3;2-6,13H,7H2,1H3;. The van der Waals surface area contributed by atoms with Crippen LogP contribution in [0.1, 0.15) is 11.1 Å². The number of aliphatic hydroxyl groups is 1. The quantitative estimate of drug-likeness (QED) is 0.263. The van der Waals surface area contributed by atoms with Gasteiger partial charge in [0.15, 0.2) is 29.7 Å². The Bertz CT molecular complexity index is 1500. The number of aromatic nitrogens is 2. The van der Waals surface area contributed by atoms with E-state index >= 15 is 0 Å². The van der Waals surface area contributed by atoms with Gasteiger partial charge in [-0.25, -0.2) is 31.0 Å². The van der Waals surface area contributed by atoms with Crippen LogP contribution in [0.2, 0.25) is 0 Å². The largest absolute Gasteiger partial charge is 0.392 e. The van der Waals surface area contributed by atoms with Gasteiger partial charge in [0, 0.05) is 50.5 Å². The molecule has 2 aromatic heterocycles. The number of benzene rings is 2. The third kappa shape index (κ3) is 9.22. The molecule has 0 radical (unpaired) electrons. The van der Waals surface area contributed by atoms with E-state index in [0.29, 0.717) is 16.9 Å². The molecule has 36 heavy (non-hydrogen) atoms. The fourth-order valence-corrected chi connectivity index (χ4v) is 4.23. The first-order valence-electron chi connectivity index (χ1n) is 9.85. The van der Waals surface area contributed by atoms with Crippen LogP contribution in [0.3, 0.4) is 0 Å². The molecule has 194 valence electrons. The van der Waals surface area contributed by atoms with Crippen molar-refractivity contribution in [1.82, 2.24) is 9.97 Å². The number of pyridine rings is 2. The van der Waals surface area contributed by atoms with Crippen LogP contribution < -0.4 is 0 Å². The second-order valence-electron chi connectivity index (χ2n) is 7.37. The van der Waals surface area contributed by atoms with Gasteiger partial charge in [-0.15, -0.1) is 11.6 Å². The van der Waals surface area contributed by atoms with Crippen LogP contribution in [-0.2, 0) is 41.4 Å². The average molecular weight is 612 g/mol. The Hall–Kier alpha value is -1.86. The number of alkyl halides is 1. The number of hydrogen-bond acceptors (Lipinski definition) is 8. The lowest BCUT2D eigenvalue weighted by Crippen LogP contribution is -2.00. The molecule has 0 saturated heterocycles. The van der Waals surface area contributed by atoms with E-state index in [9.17, 15) is 16.8 Å². The first-order chi connectivity index (χ1) is 16.7. The first kappa shape index (κ1) is 30.4. The highest BCUT2D eigenvalue weighted by Gasteiger charge is 2.10. The fraction of sp³-hybridized carbons (Fsp3) is 0.182. The average Bonchev–Trinajstić information content (AvgIpc) is 2.81. The summed E-state index contributed by atoms with van der Waals surface area (Å²) >= 11 is 5.71. The molecule has 0 bridgehead atoms. The first-order valence-corrected chi connectivity index (χ1v) is 17.0. The van der Waals surface area contributed by atoms with Gasteiger partial charge in [0.2, 0.25) is 9.23 Å². The van der Waals surface area contributed by atoms with Gasteiger partial charge in [-0.2, -0.15) is 0 Å². The van der Waals surface area contributed by atoms with Crippen molar-refractivity contribution >= 4 is 83.7 Å². The Balaban J connectivity index is 0.000000221. The maximum Gasteiger partial charge on any atom is 0.211 e. The number of sulfone groups is 2. The molecule has 0 unspecified atom stereocenters. The molecule has 0 spiro atoms. The molecule has 0 fully saturated rings. The van der Waals surface area contributed by atoms with E-state index in [1.807, 2.05) is 12.1 Å². The van der Waals surface area contributed by atoms with Crippen LogP contribution in [0.5, 0.6) is 0 Å². The molecular formula is C22H21Cl3N2O6S3. The molecule has 2 heterocycles. The smallest absolute Gasteiger partial charge is 0.211 e. The summed E-state index contributed by atoms with van der Waals surface area (Å²) in [6, 6.07) is 17.2. The zero-order valence-corrected chi connectivity index (χ0v) is 23.6. The number of rotatable bonds is 4. The van der Waals surface area contributed by atoms with Crippen molar-refractivity contribution in [3.63, 3.8) is 0 Å². The Kier molecular flexibility index (Phi) is 11.0. The van der Waals surface area contributed by atoms with Gasteiger partial charge in [-0.05, 0) is 59.7 Å². The summed E-state index contributed by atoms with van der Waals surface area (Å²) in [5, 5.41) is 10.8. The molecule has 8 nitrogen and oxygen atoms in total. The molecule has 0 atom stereocenters. The van der Waals surface area contributed by atoms with Crippen LogP contribution >= 0.6 is 33.0 Å². The lowest BCUT2D eigenvalue weighted by molar-refractivity contribution is 0.282. The minimum Gasteiger partial charge on any atom is -0.392 e. The van der Waals surface area contributed by atoms with Crippen LogP contribution in [0.25, 0.3) is 21.8 Å². The maximum atomic E-state index is 11.3. The van der Waals surface area contributed by atoms with Gasteiger partial charge < -0.3 is 5.11 Å². The van der Waals surface area contributed by atoms with E-state index in [1.165, 1.54) is 12.1 Å². The molecule has 0 saturated carbocycles. The van der Waals surface area contributed by atoms with E-state index < -0.39 is 28.9 Å². The summed E-state index contributed by atoms with van der Waals surface area (Å²) in [7, 11) is 0.840. The van der Waals surface area contributed by atoms with E-state index in [-0.39, 0.29) is 16.7 Å². The molecule has 1 N–H and O–H groups in total. The van der Waals surface area contributed by atoms with Gasteiger partial charge in [0.25, 0.3) is 0 Å². The van der Waals surface area contributed by atoms with Gasteiger partial charge in [-0.3, -0.25) is 0 Å². The van der Waals surface area contributed by atoms with Crippen molar-refractivity contribution in [3.8, 4) is 0 Å². The molecule has 0 aliphatic rings. The van der Waals surface area contributed by atoms with Gasteiger partial charge in [0.05, 0.1) is 17.6 Å². The van der Waals surface area contributed by atoms with Gasteiger partial charge in [-0.1, -0.05) is 12.1 Å². The van der Waals surface area contributed by atoms with Crippen LogP contribution in [0.4, 0.5) is 0 Å². The lowest BCUT2D eigenvalue weighted by atomic mass is 10.1. The Morgan fingerprint density at radius 3 is 1.50 bits per heavy atom. The van der Waals surface area contributed by atoms with Crippen LogP contribution in [-0.4, -0.2) is 48.6 Å². The minimum absolute atomic E-state index is 0.0379. The summed E-state index contributed by atoms with van der Waals surface area (Å²) < 4.78 is 54.3. The number of aliphatic hydroxyl groups excluding tert-OH is 1. The van der Waals surface area contributed by atoms with Crippen LogP contribution in [0, 0.1) is 0 Å². The van der Waals surface area contributed by atoms with Crippen molar-refractivity contribution in [2.45, 2.75) is 22.5 Å². The maximum absolute atomic E-state index is 11.3. The monoisotopic (exact) mass is 610 g/mol. The van der Waals surface area contributed by atoms with Crippen molar-refractivity contribution in [2.75, 3.05) is 12.5 Å². The lowest BCUT2D eigenvalue weighted by Gasteiger charge is -2.02. The van der Waals surface area contributed by atoms with Crippen molar-refractivity contribution < 1.29 is 26.2 Å². The number of hydrogen-bond donors (Lipinski definition) is 1. The highest BCUT2D eigenvalue weighted by Crippen LogP contribution is 2.18. The second kappa shape index (κ2) is 13.1. The SMILES string of the molecule is CS(=O)(=O)c1ccc2cc(CCl)ccc2n1.CS(=O)(=O)c1ccc2cc(CO)ccc2n1.O=S(Cl)Cl. The van der Waals surface area contributed by atoms with E-state index in [4.69, 9.17) is 20.9 Å². The predicted molar refractivity (Wildman–Crippen MR) is 145 cm³/mol. The van der Waals surface area contributed by atoms with Crippen molar-refractivity contribution in [3.05, 3.63) is 71.8 Å².